The highest BCUT2D eigenvalue weighted by molar-refractivity contribution is 7.98. The molecule has 3 aromatic rings. The Morgan fingerprint density at radius 1 is 1.24 bits per heavy atom. The number of aromatic nitrogens is 5. The minimum absolute atomic E-state index is 0.0628. The number of nitrogen functional groups attached to an aromatic ring is 2. The Bertz CT molecular complexity index is 852. The van der Waals surface area contributed by atoms with Crippen LogP contribution in [0.4, 0.5) is 11.9 Å². The van der Waals surface area contributed by atoms with Crippen molar-refractivity contribution in [1.82, 2.24) is 24.5 Å². The number of thiophene rings is 1. The summed E-state index contributed by atoms with van der Waals surface area (Å²) < 4.78 is 2.16. The van der Waals surface area contributed by atoms with Gasteiger partial charge >= 0.3 is 0 Å². The number of hydrogen-bond acceptors (Lipinski definition) is 9. The average molecular weight is 321 g/mol. The van der Waals surface area contributed by atoms with Gasteiger partial charge in [0, 0.05) is 7.05 Å². The molecule has 10 heteroatoms. The van der Waals surface area contributed by atoms with Crippen molar-refractivity contribution in [3.63, 3.8) is 0 Å². The molecule has 0 unspecified atom stereocenters. The highest BCUT2D eigenvalue weighted by Gasteiger charge is 2.11. The van der Waals surface area contributed by atoms with Crippen LogP contribution in [0.5, 0.6) is 0 Å². The van der Waals surface area contributed by atoms with E-state index in [1.807, 2.05) is 11.4 Å². The van der Waals surface area contributed by atoms with Crippen LogP contribution in [0.1, 0.15) is 5.82 Å². The minimum Gasteiger partial charge on any atom is -0.368 e. The van der Waals surface area contributed by atoms with E-state index in [1.54, 1.807) is 7.05 Å². The van der Waals surface area contributed by atoms with Gasteiger partial charge < -0.3 is 11.5 Å². The molecular weight excluding hydrogens is 310 g/mol. The molecule has 0 aliphatic heterocycles. The number of hydrogen-bond donors (Lipinski definition) is 2. The Morgan fingerprint density at radius 3 is 2.67 bits per heavy atom. The maximum absolute atomic E-state index is 12.2. The molecule has 21 heavy (non-hydrogen) atoms. The topological polar surface area (TPSA) is 126 Å². The third kappa shape index (κ3) is 2.67. The van der Waals surface area contributed by atoms with Crippen molar-refractivity contribution >= 4 is 45.2 Å². The van der Waals surface area contributed by atoms with Gasteiger partial charge in [-0.25, -0.2) is 4.98 Å². The van der Waals surface area contributed by atoms with Gasteiger partial charge in [0.15, 0.2) is 5.16 Å². The van der Waals surface area contributed by atoms with Crippen molar-refractivity contribution in [2.45, 2.75) is 10.9 Å². The van der Waals surface area contributed by atoms with Crippen LogP contribution >= 0.6 is 23.1 Å². The second kappa shape index (κ2) is 5.30. The standard InChI is InChI=1S/C11H11N7OS2/c1-18-8(19)7-5(2-3-20-7)14-11(18)21-4-6-15-9(12)17-10(13)16-6/h2-3H,4H2,1H3,(H4,12,13,15,16,17). The van der Waals surface area contributed by atoms with Crippen molar-refractivity contribution < 1.29 is 0 Å². The fraction of sp³-hybridized carbons (Fsp3) is 0.182. The largest absolute Gasteiger partial charge is 0.368 e. The smallest absolute Gasteiger partial charge is 0.271 e. The summed E-state index contributed by atoms with van der Waals surface area (Å²) in [4.78, 5) is 28.3. The molecule has 0 aliphatic rings. The first-order valence-corrected chi connectivity index (χ1v) is 7.74. The van der Waals surface area contributed by atoms with Crippen molar-refractivity contribution in [2.75, 3.05) is 11.5 Å². The first-order chi connectivity index (χ1) is 10.0. The second-order valence-electron chi connectivity index (χ2n) is 4.15. The zero-order valence-electron chi connectivity index (χ0n) is 11.0. The number of rotatable bonds is 3. The molecule has 0 bridgehead atoms. The molecule has 3 rings (SSSR count). The molecule has 3 heterocycles. The number of nitrogens with zero attached hydrogens (tertiary/aromatic N) is 5. The third-order valence-corrected chi connectivity index (χ3v) is 4.61. The molecule has 108 valence electrons. The van der Waals surface area contributed by atoms with Crippen LogP contribution in [0.3, 0.4) is 0 Å². The van der Waals surface area contributed by atoms with Crippen LogP contribution in [0.25, 0.3) is 10.2 Å². The van der Waals surface area contributed by atoms with E-state index < -0.39 is 0 Å². The Morgan fingerprint density at radius 2 is 1.95 bits per heavy atom. The van der Waals surface area contributed by atoms with E-state index in [9.17, 15) is 4.79 Å². The number of thioether (sulfide) groups is 1. The van der Waals surface area contributed by atoms with Gasteiger partial charge in [0.2, 0.25) is 11.9 Å². The zero-order chi connectivity index (χ0) is 15.0. The SMILES string of the molecule is Cn1c(SCc2nc(N)nc(N)n2)nc2ccsc2c1=O. The molecule has 0 spiro atoms. The van der Waals surface area contributed by atoms with Crippen LogP contribution in [-0.2, 0) is 12.8 Å². The summed E-state index contributed by atoms with van der Waals surface area (Å²) in [5.74, 6) is 0.999. The third-order valence-electron chi connectivity index (χ3n) is 2.69. The van der Waals surface area contributed by atoms with Gasteiger partial charge in [-0.3, -0.25) is 9.36 Å². The van der Waals surface area contributed by atoms with E-state index in [2.05, 4.69) is 19.9 Å². The highest BCUT2D eigenvalue weighted by Crippen LogP contribution is 2.22. The van der Waals surface area contributed by atoms with E-state index in [-0.39, 0.29) is 17.5 Å². The minimum atomic E-state index is -0.0628. The molecule has 0 atom stereocenters. The van der Waals surface area contributed by atoms with Gasteiger partial charge in [-0.15, -0.1) is 11.3 Å². The summed E-state index contributed by atoms with van der Waals surface area (Å²) in [7, 11) is 1.69. The number of fused-ring (bicyclic) bond motifs is 1. The van der Waals surface area contributed by atoms with Gasteiger partial charge in [0.1, 0.15) is 10.5 Å². The first-order valence-electron chi connectivity index (χ1n) is 5.87. The predicted molar refractivity (Wildman–Crippen MR) is 83.1 cm³/mol. The molecule has 0 fully saturated rings. The quantitative estimate of drug-likeness (QED) is 0.531. The van der Waals surface area contributed by atoms with E-state index in [0.717, 1.165) is 0 Å². The molecule has 0 amide bonds. The fourth-order valence-corrected chi connectivity index (χ4v) is 3.38. The van der Waals surface area contributed by atoms with Crippen molar-refractivity contribution in [2.24, 2.45) is 7.05 Å². The molecule has 0 aliphatic carbocycles. The Hall–Kier alpha value is -2.20. The molecule has 3 aromatic heterocycles. The van der Waals surface area contributed by atoms with E-state index in [1.165, 1.54) is 27.7 Å². The van der Waals surface area contributed by atoms with Gasteiger partial charge in [0.25, 0.3) is 5.56 Å². The fourth-order valence-electron chi connectivity index (χ4n) is 1.75. The molecule has 0 aromatic carbocycles. The Balaban J connectivity index is 1.91. The maximum Gasteiger partial charge on any atom is 0.271 e. The number of nitrogens with two attached hydrogens (primary N) is 2. The zero-order valence-corrected chi connectivity index (χ0v) is 12.6. The Kier molecular flexibility index (Phi) is 3.47. The van der Waals surface area contributed by atoms with Crippen LogP contribution in [0.15, 0.2) is 21.4 Å². The van der Waals surface area contributed by atoms with Crippen LogP contribution in [0, 0.1) is 0 Å². The summed E-state index contributed by atoms with van der Waals surface area (Å²) >= 11 is 2.73. The second-order valence-corrected chi connectivity index (χ2v) is 6.01. The normalized spacial score (nSPS) is 11.1. The average Bonchev–Trinajstić information content (AvgIpc) is 2.88. The van der Waals surface area contributed by atoms with Crippen molar-refractivity contribution in [3.05, 3.63) is 27.6 Å². The summed E-state index contributed by atoms with van der Waals surface area (Å²) in [6.45, 7) is 0. The van der Waals surface area contributed by atoms with E-state index in [4.69, 9.17) is 11.5 Å². The maximum atomic E-state index is 12.2. The van der Waals surface area contributed by atoms with Crippen molar-refractivity contribution in [1.29, 1.82) is 0 Å². The summed E-state index contributed by atoms with van der Waals surface area (Å²) in [5, 5.41) is 2.43. The van der Waals surface area contributed by atoms with Crippen molar-refractivity contribution in [3.8, 4) is 0 Å². The molecule has 0 saturated heterocycles. The van der Waals surface area contributed by atoms with Gasteiger partial charge in [-0.2, -0.15) is 15.0 Å². The number of anilines is 2. The lowest BCUT2D eigenvalue weighted by molar-refractivity contribution is 0.727. The molecule has 0 saturated carbocycles. The molecule has 8 nitrogen and oxygen atoms in total. The van der Waals surface area contributed by atoms with Crippen LogP contribution in [-0.4, -0.2) is 24.5 Å². The van der Waals surface area contributed by atoms with Gasteiger partial charge in [-0.05, 0) is 11.4 Å². The lowest BCUT2D eigenvalue weighted by Gasteiger charge is -2.06. The summed E-state index contributed by atoms with van der Waals surface area (Å²) in [6, 6.07) is 1.82. The lowest BCUT2D eigenvalue weighted by Crippen LogP contribution is -2.19. The van der Waals surface area contributed by atoms with Crippen LogP contribution < -0.4 is 17.0 Å². The molecular formula is C11H11N7OS2. The van der Waals surface area contributed by atoms with Crippen LogP contribution in [0.2, 0.25) is 0 Å². The molecule has 4 N–H and O–H groups in total. The summed E-state index contributed by atoms with van der Waals surface area (Å²) in [5.41, 5.74) is 11.7. The first kappa shape index (κ1) is 13.8. The molecule has 0 radical (unpaired) electrons. The van der Waals surface area contributed by atoms with E-state index >= 15 is 0 Å². The predicted octanol–water partition coefficient (Wildman–Crippen LogP) is 0.637. The highest BCUT2D eigenvalue weighted by atomic mass is 32.2. The summed E-state index contributed by atoms with van der Waals surface area (Å²) in [6.07, 6.45) is 0. The van der Waals surface area contributed by atoms with Gasteiger partial charge in [0.05, 0.1) is 11.3 Å². The Labute approximate surface area is 127 Å². The van der Waals surface area contributed by atoms with Gasteiger partial charge in [-0.1, -0.05) is 11.8 Å². The monoisotopic (exact) mass is 321 g/mol. The van der Waals surface area contributed by atoms with E-state index in [0.29, 0.717) is 27.0 Å². The lowest BCUT2D eigenvalue weighted by atomic mass is 10.5.